The standard InChI is InChI=1S/C16H22BrNO4/c1-10-4-11(16(19)20)8-18(7-10)9-13-14(17)5-12(21-2)6-15(13)22-3/h5-6,10-11H,4,7-9H2,1-3H3,(H,19,20). The fourth-order valence-electron chi connectivity index (χ4n) is 3.03. The number of benzene rings is 1. The van der Waals surface area contributed by atoms with E-state index in [1.54, 1.807) is 14.2 Å². The number of hydrogen-bond donors (Lipinski definition) is 1. The summed E-state index contributed by atoms with van der Waals surface area (Å²) < 4.78 is 11.6. The number of piperidine rings is 1. The van der Waals surface area contributed by atoms with E-state index >= 15 is 0 Å². The van der Waals surface area contributed by atoms with E-state index in [0.717, 1.165) is 34.5 Å². The quantitative estimate of drug-likeness (QED) is 0.861. The van der Waals surface area contributed by atoms with Gasteiger partial charge in [0.25, 0.3) is 0 Å². The van der Waals surface area contributed by atoms with Crippen molar-refractivity contribution in [3.8, 4) is 11.5 Å². The minimum atomic E-state index is -0.711. The number of rotatable bonds is 5. The van der Waals surface area contributed by atoms with Crippen LogP contribution in [0.5, 0.6) is 11.5 Å². The van der Waals surface area contributed by atoms with Crippen LogP contribution in [0.25, 0.3) is 0 Å². The van der Waals surface area contributed by atoms with Crippen LogP contribution in [0.2, 0.25) is 0 Å². The van der Waals surface area contributed by atoms with Crippen LogP contribution in [0.3, 0.4) is 0 Å². The SMILES string of the molecule is COc1cc(Br)c(CN2CC(C)CC(C(=O)O)C2)c(OC)c1. The number of carbonyl (C=O) groups is 1. The molecule has 2 rings (SSSR count). The van der Waals surface area contributed by atoms with E-state index in [1.165, 1.54) is 0 Å². The average Bonchev–Trinajstić information content (AvgIpc) is 2.48. The first kappa shape index (κ1) is 17.1. The van der Waals surface area contributed by atoms with E-state index in [-0.39, 0.29) is 5.92 Å². The van der Waals surface area contributed by atoms with E-state index in [2.05, 4.69) is 27.8 Å². The van der Waals surface area contributed by atoms with Gasteiger partial charge in [-0.25, -0.2) is 0 Å². The number of likely N-dealkylation sites (tertiary alicyclic amines) is 1. The molecule has 0 saturated carbocycles. The predicted octanol–water partition coefficient (Wildman–Crippen LogP) is 3.01. The van der Waals surface area contributed by atoms with Gasteiger partial charge in [-0.2, -0.15) is 0 Å². The fraction of sp³-hybridized carbons (Fsp3) is 0.562. The summed E-state index contributed by atoms with van der Waals surface area (Å²) in [6.45, 7) is 4.22. The molecule has 1 N–H and O–H groups in total. The molecule has 0 spiro atoms. The highest BCUT2D eigenvalue weighted by molar-refractivity contribution is 9.10. The van der Waals surface area contributed by atoms with E-state index in [0.29, 0.717) is 19.0 Å². The highest BCUT2D eigenvalue weighted by atomic mass is 79.9. The van der Waals surface area contributed by atoms with Crippen molar-refractivity contribution in [1.29, 1.82) is 0 Å². The molecule has 2 atom stereocenters. The molecular formula is C16H22BrNO4. The van der Waals surface area contributed by atoms with Crippen molar-refractivity contribution in [2.45, 2.75) is 19.9 Å². The zero-order valence-electron chi connectivity index (χ0n) is 13.1. The van der Waals surface area contributed by atoms with Gasteiger partial charge in [0.2, 0.25) is 0 Å². The van der Waals surface area contributed by atoms with Crippen molar-refractivity contribution in [2.75, 3.05) is 27.3 Å². The Kier molecular flexibility index (Phi) is 5.69. The molecule has 0 aliphatic carbocycles. The highest BCUT2D eigenvalue weighted by Crippen LogP contribution is 2.34. The number of ether oxygens (including phenoxy) is 2. The molecule has 1 aromatic carbocycles. The van der Waals surface area contributed by atoms with E-state index in [4.69, 9.17) is 9.47 Å². The topological polar surface area (TPSA) is 59.0 Å². The normalized spacial score (nSPS) is 22.4. The maximum Gasteiger partial charge on any atom is 0.307 e. The largest absolute Gasteiger partial charge is 0.497 e. The summed E-state index contributed by atoms with van der Waals surface area (Å²) in [5.74, 6) is 0.834. The van der Waals surface area contributed by atoms with Gasteiger partial charge in [-0.15, -0.1) is 0 Å². The zero-order chi connectivity index (χ0) is 16.3. The van der Waals surface area contributed by atoms with Crippen molar-refractivity contribution in [2.24, 2.45) is 11.8 Å². The molecule has 1 aliphatic rings. The van der Waals surface area contributed by atoms with Gasteiger partial charge in [-0.3, -0.25) is 9.69 Å². The molecule has 1 saturated heterocycles. The van der Waals surface area contributed by atoms with Crippen molar-refractivity contribution < 1.29 is 19.4 Å². The summed E-state index contributed by atoms with van der Waals surface area (Å²) >= 11 is 3.56. The van der Waals surface area contributed by atoms with Crippen molar-refractivity contribution in [1.82, 2.24) is 4.90 Å². The van der Waals surface area contributed by atoms with Crippen LogP contribution in [0.1, 0.15) is 18.9 Å². The van der Waals surface area contributed by atoms with Crippen molar-refractivity contribution >= 4 is 21.9 Å². The van der Waals surface area contributed by atoms with Crippen LogP contribution in [-0.4, -0.2) is 43.3 Å². The molecule has 0 radical (unpaired) electrons. The average molecular weight is 372 g/mol. The number of aliphatic carboxylic acids is 1. The Morgan fingerprint density at radius 1 is 1.36 bits per heavy atom. The van der Waals surface area contributed by atoms with Crippen LogP contribution < -0.4 is 9.47 Å². The molecule has 2 unspecified atom stereocenters. The van der Waals surface area contributed by atoms with Crippen LogP contribution in [0, 0.1) is 11.8 Å². The van der Waals surface area contributed by atoms with Gasteiger partial charge in [-0.1, -0.05) is 22.9 Å². The number of methoxy groups -OCH3 is 2. The Morgan fingerprint density at radius 3 is 2.68 bits per heavy atom. The van der Waals surface area contributed by atoms with Gasteiger partial charge in [0.05, 0.1) is 20.1 Å². The van der Waals surface area contributed by atoms with Crippen LogP contribution in [0.4, 0.5) is 0 Å². The summed E-state index contributed by atoms with van der Waals surface area (Å²) in [6.07, 6.45) is 0.743. The lowest BCUT2D eigenvalue weighted by Crippen LogP contribution is -2.42. The molecule has 1 heterocycles. The molecule has 1 aromatic rings. The van der Waals surface area contributed by atoms with Gasteiger partial charge in [0.1, 0.15) is 11.5 Å². The molecule has 5 nitrogen and oxygen atoms in total. The Labute approximate surface area is 139 Å². The first-order chi connectivity index (χ1) is 10.4. The summed E-state index contributed by atoms with van der Waals surface area (Å²) in [6, 6.07) is 3.75. The summed E-state index contributed by atoms with van der Waals surface area (Å²) in [7, 11) is 3.24. The second-order valence-electron chi connectivity index (χ2n) is 5.86. The van der Waals surface area contributed by atoms with Crippen LogP contribution in [-0.2, 0) is 11.3 Å². The number of nitrogens with zero attached hydrogens (tertiary/aromatic N) is 1. The number of halogens is 1. The minimum absolute atomic E-state index is 0.299. The first-order valence-corrected chi connectivity index (χ1v) is 8.09. The molecular weight excluding hydrogens is 350 g/mol. The van der Waals surface area contributed by atoms with Crippen molar-refractivity contribution in [3.05, 3.63) is 22.2 Å². The second kappa shape index (κ2) is 7.33. The maximum atomic E-state index is 11.3. The Bertz CT molecular complexity index is 549. The number of hydrogen-bond acceptors (Lipinski definition) is 4. The molecule has 0 bridgehead atoms. The molecule has 1 aliphatic heterocycles. The Morgan fingerprint density at radius 2 is 2.09 bits per heavy atom. The van der Waals surface area contributed by atoms with E-state index < -0.39 is 5.97 Å². The third kappa shape index (κ3) is 3.93. The fourth-order valence-corrected chi connectivity index (χ4v) is 3.58. The molecule has 22 heavy (non-hydrogen) atoms. The molecule has 122 valence electrons. The summed E-state index contributed by atoms with van der Waals surface area (Å²) in [5.41, 5.74) is 1.02. The maximum absolute atomic E-state index is 11.3. The van der Waals surface area contributed by atoms with Crippen LogP contribution >= 0.6 is 15.9 Å². The Hall–Kier alpha value is -1.27. The van der Waals surface area contributed by atoms with Crippen LogP contribution in [0.15, 0.2) is 16.6 Å². The highest BCUT2D eigenvalue weighted by Gasteiger charge is 2.30. The van der Waals surface area contributed by atoms with E-state index in [1.807, 2.05) is 12.1 Å². The second-order valence-corrected chi connectivity index (χ2v) is 6.71. The van der Waals surface area contributed by atoms with Gasteiger partial charge in [-0.05, 0) is 18.4 Å². The third-order valence-electron chi connectivity index (χ3n) is 4.05. The first-order valence-electron chi connectivity index (χ1n) is 7.30. The minimum Gasteiger partial charge on any atom is -0.497 e. The number of carboxylic acid groups (broad SMARTS) is 1. The van der Waals surface area contributed by atoms with Gasteiger partial charge in [0.15, 0.2) is 0 Å². The molecule has 6 heteroatoms. The zero-order valence-corrected chi connectivity index (χ0v) is 14.7. The van der Waals surface area contributed by atoms with Gasteiger partial charge < -0.3 is 14.6 Å². The molecule has 0 aromatic heterocycles. The monoisotopic (exact) mass is 371 g/mol. The lowest BCUT2D eigenvalue weighted by Gasteiger charge is -2.35. The smallest absolute Gasteiger partial charge is 0.307 e. The molecule has 0 amide bonds. The Balaban J connectivity index is 2.20. The lowest BCUT2D eigenvalue weighted by atomic mass is 9.90. The third-order valence-corrected chi connectivity index (χ3v) is 4.76. The lowest BCUT2D eigenvalue weighted by molar-refractivity contribution is -0.144. The summed E-state index contributed by atoms with van der Waals surface area (Å²) in [5, 5.41) is 9.29. The van der Waals surface area contributed by atoms with E-state index in [9.17, 15) is 9.90 Å². The summed E-state index contributed by atoms with van der Waals surface area (Å²) in [4.78, 5) is 13.5. The predicted molar refractivity (Wildman–Crippen MR) is 87.4 cm³/mol. The number of carboxylic acids is 1. The van der Waals surface area contributed by atoms with Crippen molar-refractivity contribution in [3.63, 3.8) is 0 Å². The van der Waals surface area contributed by atoms with Gasteiger partial charge in [0, 0.05) is 35.7 Å². The molecule has 1 fully saturated rings. The van der Waals surface area contributed by atoms with Gasteiger partial charge >= 0.3 is 5.97 Å².